The molecule has 1 heterocycles. The molecule has 0 saturated heterocycles. The van der Waals surface area contributed by atoms with Crippen LogP contribution in [0.3, 0.4) is 0 Å². The van der Waals surface area contributed by atoms with E-state index in [2.05, 4.69) is 4.74 Å². The molecule has 1 aromatic rings. The second kappa shape index (κ2) is 3.84. The summed E-state index contributed by atoms with van der Waals surface area (Å²) in [6, 6.07) is 0. The Kier molecular flexibility index (Phi) is 3.13. The second-order valence-electron chi connectivity index (χ2n) is 2.17. The van der Waals surface area contributed by atoms with Gasteiger partial charge in [-0.2, -0.15) is 0 Å². The Morgan fingerprint density at radius 3 is 2.57 bits per heavy atom. The van der Waals surface area contributed by atoms with E-state index in [4.69, 9.17) is 10.7 Å². The quantitative estimate of drug-likeness (QED) is 0.597. The van der Waals surface area contributed by atoms with Crippen molar-refractivity contribution in [3.05, 3.63) is 16.1 Å². The monoisotopic (exact) mass is 258 g/mol. The van der Waals surface area contributed by atoms with Crippen LogP contribution in [0, 0.1) is 5.82 Å². The molecule has 0 aliphatic rings. The van der Waals surface area contributed by atoms with Crippen molar-refractivity contribution in [2.75, 3.05) is 7.11 Å². The minimum Gasteiger partial charge on any atom is -0.465 e. The Morgan fingerprint density at radius 2 is 2.21 bits per heavy atom. The molecule has 0 spiro atoms. The first-order chi connectivity index (χ1) is 6.38. The molecular formula is C6H4ClFO4S2. The predicted molar refractivity (Wildman–Crippen MR) is 48.7 cm³/mol. The van der Waals surface area contributed by atoms with Crippen LogP contribution in [0.1, 0.15) is 9.67 Å². The lowest BCUT2D eigenvalue weighted by atomic mass is 10.4. The van der Waals surface area contributed by atoms with Crippen molar-refractivity contribution >= 4 is 37.0 Å². The van der Waals surface area contributed by atoms with E-state index in [0.29, 0.717) is 11.3 Å². The van der Waals surface area contributed by atoms with Crippen LogP contribution in [0.15, 0.2) is 10.3 Å². The summed E-state index contributed by atoms with van der Waals surface area (Å²) in [7, 11) is 1.82. The average molecular weight is 259 g/mol. The van der Waals surface area contributed by atoms with Crippen molar-refractivity contribution in [2.24, 2.45) is 0 Å². The highest BCUT2D eigenvalue weighted by molar-refractivity contribution is 8.13. The summed E-state index contributed by atoms with van der Waals surface area (Å²) < 4.78 is 39.0. The molecule has 1 rings (SSSR count). The van der Waals surface area contributed by atoms with Gasteiger partial charge in [-0.05, 0) is 0 Å². The smallest absolute Gasteiger partial charge is 0.351 e. The molecule has 8 heteroatoms. The van der Waals surface area contributed by atoms with Gasteiger partial charge in [0.1, 0.15) is 9.77 Å². The number of halogens is 2. The fourth-order valence-electron chi connectivity index (χ4n) is 0.723. The number of thiophene rings is 1. The van der Waals surface area contributed by atoms with Gasteiger partial charge in [-0.15, -0.1) is 11.3 Å². The van der Waals surface area contributed by atoms with Crippen molar-refractivity contribution in [3.63, 3.8) is 0 Å². The molecular weight excluding hydrogens is 255 g/mol. The van der Waals surface area contributed by atoms with Gasteiger partial charge in [-0.1, -0.05) is 0 Å². The molecule has 0 aliphatic carbocycles. The Morgan fingerprint density at radius 1 is 1.64 bits per heavy atom. The number of esters is 1. The van der Waals surface area contributed by atoms with E-state index in [1.807, 2.05) is 0 Å². The molecule has 0 unspecified atom stereocenters. The molecule has 0 bridgehead atoms. The Labute approximate surface area is 87.7 Å². The van der Waals surface area contributed by atoms with E-state index >= 15 is 0 Å². The Hall–Kier alpha value is -0.660. The highest BCUT2D eigenvalue weighted by Crippen LogP contribution is 2.27. The zero-order valence-electron chi connectivity index (χ0n) is 6.78. The van der Waals surface area contributed by atoms with Crippen LogP contribution in [-0.4, -0.2) is 21.5 Å². The predicted octanol–water partition coefficient (Wildman–Crippen LogP) is 1.60. The van der Waals surface area contributed by atoms with Gasteiger partial charge >= 0.3 is 5.97 Å². The zero-order valence-corrected chi connectivity index (χ0v) is 9.17. The maximum atomic E-state index is 13.2. The number of rotatable bonds is 2. The molecule has 0 saturated carbocycles. The molecule has 0 N–H and O–H groups in total. The Bertz CT molecular complexity index is 464. The van der Waals surface area contributed by atoms with Gasteiger partial charge < -0.3 is 4.74 Å². The van der Waals surface area contributed by atoms with Gasteiger partial charge in [0.2, 0.25) is 0 Å². The van der Waals surface area contributed by atoms with E-state index in [1.54, 1.807) is 0 Å². The SMILES string of the molecule is COC(=O)c1scc(S(=O)(=O)Cl)c1F. The molecule has 14 heavy (non-hydrogen) atoms. The summed E-state index contributed by atoms with van der Waals surface area (Å²) in [5.41, 5.74) is 0. The number of hydrogen-bond donors (Lipinski definition) is 0. The summed E-state index contributed by atoms with van der Waals surface area (Å²) in [5, 5.41) is 0.948. The number of hydrogen-bond acceptors (Lipinski definition) is 5. The third-order valence-corrected chi connectivity index (χ3v) is 3.74. The van der Waals surface area contributed by atoms with Crippen LogP contribution in [0.2, 0.25) is 0 Å². The van der Waals surface area contributed by atoms with Crippen molar-refractivity contribution in [1.29, 1.82) is 0 Å². The second-order valence-corrected chi connectivity index (χ2v) is 5.59. The molecule has 0 radical (unpaired) electrons. The molecule has 1 aromatic heterocycles. The lowest BCUT2D eigenvalue weighted by molar-refractivity contribution is 0.0601. The van der Waals surface area contributed by atoms with Crippen LogP contribution >= 0.6 is 22.0 Å². The summed E-state index contributed by atoms with van der Waals surface area (Å²) in [6.45, 7) is 0. The molecule has 0 fully saturated rings. The van der Waals surface area contributed by atoms with Crippen LogP contribution in [0.5, 0.6) is 0 Å². The molecule has 0 aromatic carbocycles. The summed E-state index contributed by atoms with van der Waals surface area (Å²) in [4.78, 5) is 9.77. The van der Waals surface area contributed by atoms with Gasteiger partial charge in [0.25, 0.3) is 9.05 Å². The normalized spacial score (nSPS) is 11.4. The van der Waals surface area contributed by atoms with E-state index in [1.165, 1.54) is 0 Å². The number of methoxy groups -OCH3 is 1. The van der Waals surface area contributed by atoms with E-state index in [9.17, 15) is 17.6 Å². The maximum Gasteiger partial charge on any atom is 0.351 e. The zero-order chi connectivity index (χ0) is 10.9. The van der Waals surface area contributed by atoms with Crippen molar-refractivity contribution in [2.45, 2.75) is 4.90 Å². The molecule has 78 valence electrons. The third kappa shape index (κ3) is 2.05. The molecule has 0 aliphatic heterocycles. The van der Waals surface area contributed by atoms with Gasteiger partial charge in [-0.3, -0.25) is 0 Å². The number of carbonyl (C=O) groups excluding carboxylic acids is 1. The minimum atomic E-state index is -4.15. The highest BCUT2D eigenvalue weighted by Gasteiger charge is 2.25. The fraction of sp³-hybridized carbons (Fsp3) is 0.167. The maximum absolute atomic E-state index is 13.2. The molecule has 4 nitrogen and oxygen atoms in total. The minimum absolute atomic E-state index is 0.410. The summed E-state index contributed by atoms with van der Waals surface area (Å²) in [5.74, 6) is -2.10. The molecule has 0 amide bonds. The van der Waals surface area contributed by atoms with Crippen molar-refractivity contribution in [3.8, 4) is 0 Å². The Balaban J connectivity index is 3.29. The highest BCUT2D eigenvalue weighted by atomic mass is 35.7. The lowest BCUT2D eigenvalue weighted by Gasteiger charge is -1.94. The van der Waals surface area contributed by atoms with Crippen LogP contribution < -0.4 is 0 Å². The van der Waals surface area contributed by atoms with E-state index in [-0.39, 0.29) is 0 Å². The molecule has 0 atom stereocenters. The van der Waals surface area contributed by atoms with Gasteiger partial charge in [0, 0.05) is 16.1 Å². The first-order valence-electron chi connectivity index (χ1n) is 3.18. The topological polar surface area (TPSA) is 60.4 Å². The van der Waals surface area contributed by atoms with Crippen LogP contribution in [0.25, 0.3) is 0 Å². The average Bonchev–Trinajstić information content (AvgIpc) is 2.45. The van der Waals surface area contributed by atoms with Crippen molar-refractivity contribution < 1.29 is 22.3 Å². The fourth-order valence-corrected chi connectivity index (χ4v) is 2.96. The van der Waals surface area contributed by atoms with Crippen molar-refractivity contribution in [1.82, 2.24) is 0 Å². The number of carbonyl (C=O) groups is 1. The van der Waals surface area contributed by atoms with Gasteiger partial charge in [0.05, 0.1) is 7.11 Å². The first-order valence-corrected chi connectivity index (χ1v) is 6.36. The standard InChI is InChI=1S/C6H4ClFO4S2/c1-12-6(9)5-4(8)3(2-13-5)14(7,10)11/h2H,1H3. The first kappa shape index (κ1) is 11.4. The largest absolute Gasteiger partial charge is 0.465 e. The van der Waals surface area contributed by atoms with Crippen LogP contribution in [0.4, 0.5) is 4.39 Å². The van der Waals surface area contributed by atoms with E-state index < -0.39 is 30.6 Å². The van der Waals surface area contributed by atoms with Gasteiger partial charge in [0.15, 0.2) is 5.82 Å². The summed E-state index contributed by atoms with van der Waals surface area (Å²) in [6.07, 6.45) is 0. The van der Waals surface area contributed by atoms with E-state index in [0.717, 1.165) is 12.5 Å². The summed E-state index contributed by atoms with van der Waals surface area (Å²) >= 11 is 0.623. The lowest BCUT2D eigenvalue weighted by Crippen LogP contribution is -2.02. The number of ether oxygens (including phenoxy) is 1. The van der Waals surface area contributed by atoms with Crippen LogP contribution in [-0.2, 0) is 13.8 Å². The van der Waals surface area contributed by atoms with Gasteiger partial charge in [-0.25, -0.2) is 17.6 Å². The third-order valence-electron chi connectivity index (χ3n) is 1.33.